The van der Waals surface area contributed by atoms with Crippen LogP contribution in [-0.2, 0) is 16.1 Å². The smallest absolute Gasteiger partial charge is 0.234 e. The van der Waals surface area contributed by atoms with Crippen molar-refractivity contribution in [2.45, 2.75) is 18.6 Å². The summed E-state index contributed by atoms with van der Waals surface area (Å²) in [5, 5.41) is 12.2. The SMILES string of the molecule is CCn1c(SCC(=O)Nc2ccc(N3CCOCC3)cc2)nnc1-c1cccnc1. The zero-order chi connectivity index (χ0) is 20.8. The molecule has 0 radical (unpaired) electrons. The third kappa shape index (κ3) is 4.80. The highest BCUT2D eigenvalue weighted by Gasteiger charge is 2.15. The third-order valence-electron chi connectivity index (χ3n) is 4.81. The molecular formula is C21H24N6O2S. The van der Waals surface area contributed by atoms with Crippen LogP contribution >= 0.6 is 11.8 Å². The van der Waals surface area contributed by atoms with Gasteiger partial charge in [-0.15, -0.1) is 10.2 Å². The van der Waals surface area contributed by atoms with Crippen molar-refractivity contribution in [1.29, 1.82) is 0 Å². The van der Waals surface area contributed by atoms with E-state index in [4.69, 9.17) is 4.74 Å². The second kappa shape index (κ2) is 9.73. The molecule has 1 saturated heterocycles. The Kier molecular flexibility index (Phi) is 6.60. The Morgan fingerprint density at radius 3 is 2.67 bits per heavy atom. The van der Waals surface area contributed by atoms with Crippen LogP contribution in [0.5, 0.6) is 0 Å². The molecule has 0 aliphatic carbocycles. The van der Waals surface area contributed by atoms with Gasteiger partial charge in [0, 0.05) is 49.0 Å². The van der Waals surface area contributed by atoms with Crippen LogP contribution in [0.3, 0.4) is 0 Å². The summed E-state index contributed by atoms with van der Waals surface area (Å²) in [6.07, 6.45) is 3.49. The number of carbonyl (C=O) groups is 1. The minimum atomic E-state index is -0.0762. The molecule has 4 rings (SSSR count). The van der Waals surface area contributed by atoms with E-state index in [2.05, 4.69) is 25.4 Å². The Morgan fingerprint density at radius 1 is 1.17 bits per heavy atom. The number of nitrogens with zero attached hydrogens (tertiary/aromatic N) is 5. The molecule has 0 saturated carbocycles. The van der Waals surface area contributed by atoms with E-state index in [1.807, 2.05) is 47.9 Å². The third-order valence-corrected chi connectivity index (χ3v) is 5.78. The van der Waals surface area contributed by atoms with Crippen LogP contribution in [0.1, 0.15) is 6.92 Å². The molecule has 1 fully saturated rings. The van der Waals surface area contributed by atoms with Crippen LogP contribution in [0.2, 0.25) is 0 Å². The number of thioether (sulfide) groups is 1. The molecule has 30 heavy (non-hydrogen) atoms. The van der Waals surface area contributed by atoms with Crippen molar-refractivity contribution in [2.24, 2.45) is 0 Å². The van der Waals surface area contributed by atoms with Crippen molar-refractivity contribution in [1.82, 2.24) is 19.7 Å². The van der Waals surface area contributed by atoms with Crippen LogP contribution in [0.4, 0.5) is 11.4 Å². The fraction of sp³-hybridized carbons (Fsp3) is 0.333. The quantitative estimate of drug-likeness (QED) is 0.584. The topological polar surface area (TPSA) is 85.2 Å². The largest absolute Gasteiger partial charge is 0.378 e. The second-order valence-electron chi connectivity index (χ2n) is 6.78. The molecule has 1 amide bonds. The molecule has 0 atom stereocenters. The fourth-order valence-electron chi connectivity index (χ4n) is 3.29. The van der Waals surface area contributed by atoms with Gasteiger partial charge in [-0.05, 0) is 43.3 Å². The first kappa shape index (κ1) is 20.4. The van der Waals surface area contributed by atoms with Crippen molar-refractivity contribution in [3.8, 4) is 11.4 Å². The number of ether oxygens (including phenoxy) is 1. The van der Waals surface area contributed by atoms with E-state index in [0.717, 1.165) is 49.1 Å². The molecule has 0 spiro atoms. The highest BCUT2D eigenvalue weighted by Crippen LogP contribution is 2.24. The van der Waals surface area contributed by atoms with Gasteiger partial charge in [-0.25, -0.2) is 0 Å². The Hall–Kier alpha value is -2.91. The van der Waals surface area contributed by atoms with Gasteiger partial charge >= 0.3 is 0 Å². The van der Waals surface area contributed by atoms with Gasteiger partial charge in [0.1, 0.15) is 0 Å². The normalized spacial score (nSPS) is 14.0. The average molecular weight is 425 g/mol. The number of amides is 1. The minimum Gasteiger partial charge on any atom is -0.378 e. The highest BCUT2D eigenvalue weighted by atomic mass is 32.2. The number of benzene rings is 1. The van der Waals surface area contributed by atoms with Gasteiger partial charge < -0.3 is 19.5 Å². The van der Waals surface area contributed by atoms with E-state index in [0.29, 0.717) is 11.7 Å². The molecule has 3 aromatic rings. The zero-order valence-corrected chi connectivity index (χ0v) is 17.6. The maximum absolute atomic E-state index is 12.4. The molecular weight excluding hydrogens is 400 g/mol. The molecule has 156 valence electrons. The van der Waals surface area contributed by atoms with E-state index in [1.165, 1.54) is 11.8 Å². The fourth-order valence-corrected chi connectivity index (χ4v) is 4.10. The summed E-state index contributed by atoms with van der Waals surface area (Å²) in [5.41, 5.74) is 2.83. The summed E-state index contributed by atoms with van der Waals surface area (Å²) in [6.45, 7) is 6.03. The first-order valence-corrected chi connectivity index (χ1v) is 10.9. The van der Waals surface area contributed by atoms with Gasteiger partial charge in [-0.2, -0.15) is 0 Å². The van der Waals surface area contributed by atoms with Gasteiger partial charge in [0.15, 0.2) is 11.0 Å². The summed E-state index contributed by atoms with van der Waals surface area (Å²) in [7, 11) is 0. The van der Waals surface area contributed by atoms with Gasteiger partial charge in [-0.3, -0.25) is 9.78 Å². The number of rotatable bonds is 7. The molecule has 0 bridgehead atoms. The maximum atomic E-state index is 12.4. The monoisotopic (exact) mass is 424 g/mol. The standard InChI is InChI=1S/C21H24N6O2S/c1-2-27-20(16-4-3-9-22-14-16)24-25-21(27)30-15-19(28)23-17-5-7-18(8-6-17)26-10-12-29-13-11-26/h3-9,14H,2,10-13,15H2,1H3,(H,23,28). The molecule has 1 N–H and O–H groups in total. The van der Waals surface area contributed by atoms with Crippen LogP contribution in [0, 0.1) is 0 Å². The summed E-state index contributed by atoms with van der Waals surface area (Å²) < 4.78 is 7.38. The van der Waals surface area contributed by atoms with Gasteiger partial charge in [0.2, 0.25) is 5.91 Å². The van der Waals surface area contributed by atoms with E-state index in [9.17, 15) is 4.79 Å². The Labute approximate surface area is 179 Å². The van der Waals surface area contributed by atoms with Gasteiger partial charge in [0.05, 0.1) is 19.0 Å². The molecule has 3 heterocycles. The van der Waals surface area contributed by atoms with Gasteiger partial charge in [-0.1, -0.05) is 11.8 Å². The first-order chi connectivity index (χ1) is 14.7. The van der Waals surface area contributed by atoms with Crippen LogP contribution in [-0.4, -0.2) is 57.7 Å². The number of carbonyl (C=O) groups excluding carboxylic acids is 1. The molecule has 1 aliphatic rings. The lowest BCUT2D eigenvalue weighted by Gasteiger charge is -2.28. The number of morpholine rings is 1. The lowest BCUT2D eigenvalue weighted by atomic mass is 10.2. The summed E-state index contributed by atoms with van der Waals surface area (Å²) in [5.74, 6) is 0.941. The van der Waals surface area contributed by atoms with Crippen molar-refractivity contribution in [2.75, 3.05) is 42.3 Å². The first-order valence-electron chi connectivity index (χ1n) is 9.93. The van der Waals surface area contributed by atoms with Crippen molar-refractivity contribution in [3.63, 3.8) is 0 Å². The number of aromatic nitrogens is 4. The lowest BCUT2D eigenvalue weighted by molar-refractivity contribution is -0.113. The van der Waals surface area contributed by atoms with E-state index < -0.39 is 0 Å². The van der Waals surface area contributed by atoms with Crippen LogP contribution < -0.4 is 10.2 Å². The van der Waals surface area contributed by atoms with E-state index in [-0.39, 0.29) is 11.7 Å². The summed E-state index contributed by atoms with van der Waals surface area (Å²) >= 11 is 1.38. The number of hydrogen-bond donors (Lipinski definition) is 1. The molecule has 9 heteroatoms. The number of anilines is 2. The Morgan fingerprint density at radius 2 is 1.97 bits per heavy atom. The summed E-state index contributed by atoms with van der Waals surface area (Å²) in [6, 6.07) is 11.7. The van der Waals surface area contributed by atoms with E-state index in [1.54, 1.807) is 12.4 Å². The summed E-state index contributed by atoms with van der Waals surface area (Å²) in [4.78, 5) is 18.8. The predicted molar refractivity (Wildman–Crippen MR) is 118 cm³/mol. The van der Waals surface area contributed by atoms with Crippen LogP contribution in [0.25, 0.3) is 11.4 Å². The maximum Gasteiger partial charge on any atom is 0.234 e. The number of pyridine rings is 1. The number of hydrogen-bond acceptors (Lipinski definition) is 7. The van der Waals surface area contributed by atoms with Gasteiger partial charge in [0.25, 0.3) is 0 Å². The molecule has 0 unspecified atom stereocenters. The molecule has 8 nitrogen and oxygen atoms in total. The molecule has 1 aliphatic heterocycles. The number of nitrogens with one attached hydrogen (secondary N) is 1. The van der Waals surface area contributed by atoms with Crippen molar-refractivity contribution >= 4 is 29.0 Å². The zero-order valence-electron chi connectivity index (χ0n) is 16.8. The average Bonchev–Trinajstić information content (AvgIpc) is 3.22. The lowest BCUT2D eigenvalue weighted by Crippen LogP contribution is -2.36. The van der Waals surface area contributed by atoms with Crippen molar-refractivity contribution < 1.29 is 9.53 Å². The second-order valence-corrected chi connectivity index (χ2v) is 7.72. The predicted octanol–water partition coefficient (Wildman–Crippen LogP) is 2.93. The van der Waals surface area contributed by atoms with Crippen molar-refractivity contribution in [3.05, 3.63) is 48.8 Å². The Bertz CT molecular complexity index is 971. The molecule has 1 aromatic carbocycles. The molecule has 2 aromatic heterocycles. The van der Waals surface area contributed by atoms with E-state index >= 15 is 0 Å². The Balaban J connectivity index is 1.34. The highest BCUT2D eigenvalue weighted by molar-refractivity contribution is 7.99. The van der Waals surface area contributed by atoms with Crippen LogP contribution in [0.15, 0.2) is 53.9 Å². The minimum absolute atomic E-state index is 0.0762.